The molecule has 0 spiro atoms. The third-order valence-corrected chi connectivity index (χ3v) is 5.07. The Bertz CT molecular complexity index is 642. The monoisotopic (exact) mass is 370 g/mol. The lowest BCUT2D eigenvalue weighted by atomic mass is 10.3. The normalized spacial score (nSPS) is 18.4. The average molecular weight is 371 g/mol. The molecule has 3 rings (SSSR count). The van der Waals surface area contributed by atoms with Crippen molar-refractivity contribution in [3.63, 3.8) is 0 Å². The quantitative estimate of drug-likeness (QED) is 0.889. The van der Waals surface area contributed by atoms with Gasteiger partial charge in [-0.25, -0.2) is 0 Å². The van der Waals surface area contributed by atoms with Gasteiger partial charge in [0.05, 0.1) is 4.88 Å². The van der Waals surface area contributed by atoms with E-state index in [2.05, 4.69) is 26.1 Å². The van der Waals surface area contributed by atoms with E-state index in [-0.39, 0.29) is 11.9 Å². The number of thiophene rings is 1. The Kier molecular flexibility index (Phi) is 4.37. The van der Waals surface area contributed by atoms with Crippen molar-refractivity contribution in [2.45, 2.75) is 25.3 Å². The lowest BCUT2D eigenvalue weighted by Gasteiger charge is -2.14. The average Bonchev–Trinajstić information content (AvgIpc) is 3.16. The van der Waals surface area contributed by atoms with Gasteiger partial charge in [0.15, 0.2) is 0 Å². The first-order chi connectivity index (χ1) is 10.1. The van der Waals surface area contributed by atoms with E-state index in [4.69, 9.17) is 10.3 Å². The number of hydrogen-bond acceptors (Lipinski definition) is 6. The van der Waals surface area contributed by atoms with Crippen LogP contribution in [0.15, 0.2) is 20.4 Å². The number of nitrogens with zero attached hydrogens (tertiary/aromatic N) is 3. The molecule has 2 aromatic rings. The van der Waals surface area contributed by atoms with Crippen LogP contribution in [0.25, 0.3) is 10.7 Å². The number of aryl methyl sites for hydroxylation is 1. The van der Waals surface area contributed by atoms with Crippen molar-refractivity contribution in [3.05, 3.63) is 21.8 Å². The first kappa shape index (κ1) is 14.7. The summed E-state index contributed by atoms with van der Waals surface area (Å²) in [5, 5.41) is 5.91. The Hall–Kier alpha value is -1.25. The summed E-state index contributed by atoms with van der Waals surface area (Å²) in [5.74, 6) is 1.16. The van der Waals surface area contributed by atoms with E-state index in [0.717, 1.165) is 22.3 Å². The third kappa shape index (κ3) is 3.50. The molecule has 1 aliphatic rings. The van der Waals surface area contributed by atoms with E-state index in [1.807, 2.05) is 11.4 Å². The van der Waals surface area contributed by atoms with Crippen LogP contribution in [-0.2, 0) is 11.2 Å². The SMILES string of the molecule is N[C@@H]1CCN(C(=O)CCc2nc(-c3cc(Br)cs3)no2)C1. The Morgan fingerprint density at radius 1 is 1.62 bits per heavy atom. The number of carbonyl (C=O) groups is 1. The molecule has 1 saturated heterocycles. The second kappa shape index (κ2) is 6.25. The molecule has 1 fully saturated rings. The maximum absolute atomic E-state index is 12.0. The van der Waals surface area contributed by atoms with Gasteiger partial charge in [0.2, 0.25) is 17.6 Å². The van der Waals surface area contributed by atoms with Crippen LogP contribution in [0.2, 0.25) is 0 Å². The second-order valence-corrected chi connectivity index (χ2v) is 6.86. The van der Waals surface area contributed by atoms with Crippen molar-refractivity contribution in [1.82, 2.24) is 15.0 Å². The fourth-order valence-electron chi connectivity index (χ4n) is 2.27. The van der Waals surface area contributed by atoms with Gasteiger partial charge < -0.3 is 15.2 Å². The number of nitrogens with two attached hydrogens (primary N) is 1. The van der Waals surface area contributed by atoms with Crippen LogP contribution in [0.4, 0.5) is 0 Å². The van der Waals surface area contributed by atoms with Gasteiger partial charge in [0.1, 0.15) is 0 Å². The van der Waals surface area contributed by atoms with E-state index < -0.39 is 0 Å². The molecular formula is C13H15BrN4O2S. The Balaban J connectivity index is 1.56. The van der Waals surface area contributed by atoms with Crippen molar-refractivity contribution in [1.29, 1.82) is 0 Å². The lowest BCUT2D eigenvalue weighted by Crippen LogP contribution is -2.31. The lowest BCUT2D eigenvalue weighted by molar-refractivity contribution is -0.130. The molecule has 0 aliphatic carbocycles. The van der Waals surface area contributed by atoms with Crippen molar-refractivity contribution in [2.75, 3.05) is 13.1 Å². The van der Waals surface area contributed by atoms with Gasteiger partial charge in [-0.2, -0.15) is 4.98 Å². The molecule has 0 bridgehead atoms. The molecule has 0 saturated carbocycles. The minimum Gasteiger partial charge on any atom is -0.341 e. The summed E-state index contributed by atoms with van der Waals surface area (Å²) in [6.07, 6.45) is 1.72. The highest BCUT2D eigenvalue weighted by Crippen LogP contribution is 2.27. The molecule has 3 heterocycles. The molecule has 1 atom stereocenters. The topological polar surface area (TPSA) is 85.2 Å². The largest absolute Gasteiger partial charge is 0.341 e. The third-order valence-electron chi connectivity index (χ3n) is 3.39. The number of amides is 1. The Morgan fingerprint density at radius 2 is 2.48 bits per heavy atom. The van der Waals surface area contributed by atoms with E-state index >= 15 is 0 Å². The predicted octanol–water partition coefficient (Wildman–Crippen LogP) is 2.05. The number of hydrogen-bond donors (Lipinski definition) is 1. The van der Waals surface area contributed by atoms with Gasteiger partial charge in [-0.1, -0.05) is 5.16 Å². The Labute approximate surface area is 134 Å². The molecule has 0 unspecified atom stereocenters. The van der Waals surface area contributed by atoms with Crippen LogP contribution in [0.1, 0.15) is 18.7 Å². The van der Waals surface area contributed by atoms with Crippen LogP contribution < -0.4 is 5.73 Å². The Morgan fingerprint density at radius 3 is 3.14 bits per heavy atom. The maximum Gasteiger partial charge on any atom is 0.227 e. The van der Waals surface area contributed by atoms with Gasteiger partial charge in [-0.15, -0.1) is 11.3 Å². The summed E-state index contributed by atoms with van der Waals surface area (Å²) in [4.78, 5) is 19.1. The smallest absolute Gasteiger partial charge is 0.227 e. The fraction of sp³-hybridized carbons (Fsp3) is 0.462. The number of likely N-dealkylation sites (tertiary alicyclic amines) is 1. The first-order valence-electron chi connectivity index (χ1n) is 6.72. The first-order valence-corrected chi connectivity index (χ1v) is 8.39. The van der Waals surface area contributed by atoms with Gasteiger partial charge in [-0.3, -0.25) is 4.79 Å². The van der Waals surface area contributed by atoms with Crippen molar-refractivity contribution in [3.8, 4) is 10.7 Å². The summed E-state index contributed by atoms with van der Waals surface area (Å²) >= 11 is 4.93. The fourth-order valence-corrected chi connectivity index (χ4v) is 3.62. The molecule has 0 radical (unpaired) electrons. The molecule has 21 heavy (non-hydrogen) atoms. The molecule has 2 N–H and O–H groups in total. The number of aromatic nitrogens is 2. The summed E-state index contributed by atoms with van der Waals surface area (Å²) in [6, 6.07) is 2.05. The highest BCUT2D eigenvalue weighted by atomic mass is 79.9. The van der Waals surface area contributed by atoms with Crippen LogP contribution in [0, 0.1) is 0 Å². The molecule has 8 heteroatoms. The second-order valence-electron chi connectivity index (χ2n) is 5.03. The summed E-state index contributed by atoms with van der Waals surface area (Å²) in [7, 11) is 0. The molecule has 0 aromatic carbocycles. The highest BCUT2D eigenvalue weighted by Gasteiger charge is 2.23. The standard InChI is InChI=1S/C13H15BrN4O2S/c14-8-5-10(21-7-8)13-16-11(20-17-13)1-2-12(19)18-4-3-9(15)6-18/h5,7,9H,1-4,6,15H2/t9-/m1/s1. The van der Waals surface area contributed by atoms with Crippen LogP contribution in [0.3, 0.4) is 0 Å². The predicted molar refractivity (Wildman–Crippen MR) is 82.8 cm³/mol. The van der Waals surface area contributed by atoms with Crippen LogP contribution in [0.5, 0.6) is 0 Å². The number of rotatable bonds is 4. The molecule has 6 nitrogen and oxygen atoms in total. The molecule has 1 aliphatic heterocycles. The van der Waals surface area contributed by atoms with Gasteiger partial charge in [0.25, 0.3) is 0 Å². The zero-order chi connectivity index (χ0) is 14.8. The van der Waals surface area contributed by atoms with Crippen LogP contribution >= 0.6 is 27.3 Å². The maximum atomic E-state index is 12.0. The number of carbonyl (C=O) groups excluding carboxylic acids is 1. The van der Waals surface area contributed by atoms with Crippen molar-refractivity contribution < 1.29 is 9.32 Å². The van der Waals surface area contributed by atoms with Crippen molar-refractivity contribution >= 4 is 33.2 Å². The molecule has 1 amide bonds. The number of halogens is 1. The van der Waals surface area contributed by atoms with Gasteiger partial charge >= 0.3 is 0 Å². The van der Waals surface area contributed by atoms with Crippen molar-refractivity contribution in [2.24, 2.45) is 5.73 Å². The summed E-state index contributed by atoms with van der Waals surface area (Å²) in [6.45, 7) is 1.40. The summed E-state index contributed by atoms with van der Waals surface area (Å²) < 4.78 is 6.19. The van der Waals surface area contributed by atoms with Crippen LogP contribution in [-0.4, -0.2) is 40.1 Å². The molecular weight excluding hydrogens is 356 g/mol. The highest BCUT2D eigenvalue weighted by molar-refractivity contribution is 9.10. The van der Waals surface area contributed by atoms with Gasteiger partial charge in [0, 0.05) is 41.8 Å². The van der Waals surface area contributed by atoms with E-state index in [0.29, 0.717) is 31.1 Å². The van der Waals surface area contributed by atoms with E-state index in [1.165, 1.54) is 0 Å². The van der Waals surface area contributed by atoms with E-state index in [9.17, 15) is 4.79 Å². The zero-order valence-electron chi connectivity index (χ0n) is 11.3. The minimum absolute atomic E-state index is 0.0987. The summed E-state index contributed by atoms with van der Waals surface area (Å²) in [5.41, 5.74) is 5.80. The molecule has 2 aromatic heterocycles. The zero-order valence-corrected chi connectivity index (χ0v) is 13.7. The minimum atomic E-state index is 0.0987. The molecule has 112 valence electrons. The van der Waals surface area contributed by atoms with Gasteiger partial charge in [-0.05, 0) is 28.4 Å². The van der Waals surface area contributed by atoms with E-state index in [1.54, 1.807) is 16.2 Å².